The van der Waals surface area contributed by atoms with Gasteiger partial charge in [0.15, 0.2) is 25.5 Å². The number of nitrogens with zero attached hydrogens (tertiary/aromatic N) is 2. The van der Waals surface area contributed by atoms with Gasteiger partial charge in [-0.15, -0.1) is 0 Å². The van der Waals surface area contributed by atoms with E-state index in [1.807, 2.05) is 0 Å². The highest BCUT2D eigenvalue weighted by Gasteiger charge is 2.30. The molecule has 0 spiro atoms. The van der Waals surface area contributed by atoms with Crippen LogP contribution >= 0.6 is 0 Å². The molecule has 0 unspecified atom stereocenters. The number of fused-ring (bicyclic) bond motifs is 21. The van der Waals surface area contributed by atoms with Gasteiger partial charge in [-0.05, 0) is 76.8 Å². The molecule has 268 valence electrons. The molecule has 0 atom stereocenters. The lowest BCUT2D eigenvalue weighted by molar-refractivity contribution is -0.670. The molecule has 0 aliphatic carbocycles. The van der Waals surface area contributed by atoms with Crippen LogP contribution < -0.4 is 9.13 Å². The highest BCUT2D eigenvalue weighted by molar-refractivity contribution is 6.26. The molecule has 2 heteroatoms. The Morgan fingerprint density at radius 3 is 1.22 bits per heavy atom. The van der Waals surface area contributed by atoms with E-state index in [2.05, 4.69) is 204 Å². The summed E-state index contributed by atoms with van der Waals surface area (Å²) in [5.41, 5.74) is 8.22. The third-order valence-electron chi connectivity index (χ3n) is 13.0. The van der Waals surface area contributed by atoms with Crippen LogP contribution in [-0.4, -0.2) is 0 Å². The third-order valence-corrected chi connectivity index (χ3v) is 13.0. The molecule has 2 aromatic heterocycles. The zero-order valence-electron chi connectivity index (χ0n) is 31.8. The number of rotatable bonds is 0. The van der Waals surface area contributed by atoms with Crippen molar-refractivity contribution in [3.63, 3.8) is 0 Å². The molecule has 12 aromatic rings. The Kier molecular flexibility index (Phi) is 6.59. The van der Waals surface area contributed by atoms with Gasteiger partial charge >= 0.3 is 0 Å². The number of benzene rings is 10. The molecule has 10 aromatic carbocycles. The SMILES string of the molecule is c1ccc2c3c(ccc2c1)C[n+]1cc2c4ccccc4c4ccccc4c2cc1-3.c1ccc2cc3c(cc2c1)C[n+]1cc2c4ccccc4c4ccccc4c2cc1-3. The molecule has 0 radical (unpaired) electrons. The maximum absolute atomic E-state index is 2.43. The van der Waals surface area contributed by atoms with E-state index in [1.54, 1.807) is 0 Å². The molecule has 0 fully saturated rings. The minimum absolute atomic E-state index is 0.937. The summed E-state index contributed by atoms with van der Waals surface area (Å²) in [6.07, 6.45) is 4.73. The molecule has 0 saturated heterocycles. The Morgan fingerprint density at radius 1 is 0.276 bits per heavy atom. The molecule has 14 rings (SSSR count). The topological polar surface area (TPSA) is 7.76 Å². The molecule has 0 N–H and O–H groups in total. The highest BCUT2D eigenvalue weighted by Crippen LogP contribution is 2.41. The lowest BCUT2D eigenvalue weighted by atomic mass is 9.93. The third kappa shape index (κ3) is 4.54. The fourth-order valence-corrected chi connectivity index (χ4v) is 10.4. The van der Waals surface area contributed by atoms with E-state index < -0.39 is 0 Å². The minimum Gasteiger partial charge on any atom is -0.193 e. The van der Waals surface area contributed by atoms with Gasteiger partial charge in [-0.2, -0.15) is 9.13 Å². The van der Waals surface area contributed by atoms with Crippen LogP contribution in [0, 0.1) is 0 Å². The van der Waals surface area contributed by atoms with Gasteiger partial charge in [-0.3, -0.25) is 0 Å². The predicted molar refractivity (Wildman–Crippen MR) is 242 cm³/mol. The fraction of sp³-hybridized carbons (Fsp3) is 0.0357. The number of hydrogen-bond donors (Lipinski definition) is 0. The molecule has 2 nitrogen and oxygen atoms in total. The zero-order valence-corrected chi connectivity index (χ0v) is 31.8. The average Bonchev–Trinajstić information content (AvgIpc) is 3.84. The van der Waals surface area contributed by atoms with Gasteiger partial charge in [0.25, 0.3) is 0 Å². The van der Waals surface area contributed by atoms with E-state index in [1.165, 1.54) is 120 Å². The minimum atomic E-state index is 0.937. The van der Waals surface area contributed by atoms with E-state index in [4.69, 9.17) is 0 Å². The van der Waals surface area contributed by atoms with Crippen molar-refractivity contribution in [2.75, 3.05) is 0 Å². The van der Waals surface area contributed by atoms with Crippen LogP contribution in [0.5, 0.6) is 0 Å². The highest BCUT2D eigenvalue weighted by atomic mass is 15.0. The van der Waals surface area contributed by atoms with Crippen molar-refractivity contribution in [2.24, 2.45) is 0 Å². The van der Waals surface area contributed by atoms with Gasteiger partial charge in [-0.1, -0.05) is 158 Å². The van der Waals surface area contributed by atoms with Gasteiger partial charge in [0.2, 0.25) is 11.4 Å². The first kappa shape index (κ1) is 31.7. The zero-order chi connectivity index (χ0) is 37.9. The summed E-state index contributed by atoms with van der Waals surface area (Å²) < 4.78 is 4.85. The fourth-order valence-electron chi connectivity index (χ4n) is 10.4. The van der Waals surface area contributed by atoms with Gasteiger partial charge in [0.1, 0.15) is 0 Å². The molecular formula is C56H36N2+2. The molecule has 0 saturated carbocycles. The van der Waals surface area contributed by atoms with Crippen molar-refractivity contribution >= 4 is 86.2 Å². The molecule has 0 amide bonds. The van der Waals surface area contributed by atoms with Crippen LogP contribution in [0.4, 0.5) is 0 Å². The van der Waals surface area contributed by atoms with Crippen molar-refractivity contribution in [3.8, 4) is 22.5 Å². The quantitative estimate of drug-likeness (QED) is 0.108. The molecule has 58 heavy (non-hydrogen) atoms. The van der Waals surface area contributed by atoms with Crippen molar-refractivity contribution in [2.45, 2.75) is 13.1 Å². The summed E-state index contributed by atoms with van der Waals surface area (Å²) in [6.45, 7) is 1.87. The van der Waals surface area contributed by atoms with Gasteiger partial charge < -0.3 is 0 Å². The van der Waals surface area contributed by atoms with Gasteiger partial charge in [0.05, 0.1) is 21.9 Å². The van der Waals surface area contributed by atoms with Gasteiger partial charge in [-0.25, -0.2) is 0 Å². The standard InChI is InChI=1S/2C28H18N/c1-2-8-19-14-25-20(13-18(19)7-1)16-29-17-27-24-12-6-4-10-22(24)21-9-3-5-11-23(21)26(27)15-28(25)29;1-2-8-20-18(7-1)13-14-19-16-29-17-26-24-12-6-4-10-22(24)21-9-3-5-11-23(21)25(26)15-27(29)28(19)20/h2*1-15,17H,16H2/q2*+1. The molecule has 2 aliphatic rings. The molecule has 2 aliphatic heterocycles. The average molecular weight is 737 g/mol. The lowest BCUT2D eigenvalue weighted by Crippen LogP contribution is -2.31. The summed E-state index contributed by atoms with van der Waals surface area (Å²) in [6, 6.07) is 66.7. The second kappa shape index (κ2) is 12.0. The largest absolute Gasteiger partial charge is 0.214 e. The van der Waals surface area contributed by atoms with E-state index in [0.717, 1.165) is 13.1 Å². The van der Waals surface area contributed by atoms with Crippen LogP contribution in [0.15, 0.2) is 194 Å². The first-order valence-electron chi connectivity index (χ1n) is 20.3. The Hall–Kier alpha value is -7.42. The normalized spacial score (nSPS) is 12.7. The van der Waals surface area contributed by atoms with Crippen molar-refractivity contribution < 1.29 is 9.13 Å². The summed E-state index contributed by atoms with van der Waals surface area (Å²) in [7, 11) is 0. The number of aromatic nitrogens is 2. The second-order valence-electron chi connectivity index (χ2n) is 16.1. The van der Waals surface area contributed by atoms with Crippen LogP contribution in [0.25, 0.3) is 109 Å². The van der Waals surface area contributed by atoms with Crippen molar-refractivity contribution in [3.05, 3.63) is 206 Å². The number of hydrogen-bond acceptors (Lipinski definition) is 0. The predicted octanol–water partition coefficient (Wildman–Crippen LogP) is 13.2. The van der Waals surface area contributed by atoms with Crippen molar-refractivity contribution in [1.82, 2.24) is 0 Å². The Morgan fingerprint density at radius 2 is 0.672 bits per heavy atom. The van der Waals surface area contributed by atoms with Crippen LogP contribution in [-0.2, 0) is 13.1 Å². The smallest absolute Gasteiger partial charge is 0.193 e. The summed E-state index contributed by atoms with van der Waals surface area (Å²) in [5.74, 6) is 0. The maximum Gasteiger partial charge on any atom is 0.214 e. The maximum atomic E-state index is 2.43. The first-order valence-corrected chi connectivity index (χ1v) is 20.3. The molecular weight excluding hydrogens is 701 g/mol. The Balaban J connectivity index is 0.000000121. The lowest BCUT2D eigenvalue weighted by Gasteiger charge is -2.10. The molecule has 4 heterocycles. The van der Waals surface area contributed by atoms with E-state index >= 15 is 0 Å². The van der Waals surface area contributed by atoms with Gasteiger partial charge in [0, 0.05) is 34.0 Å². The monoisotopic (exact) mass is 736 g/mol. The summed E-state index contributed by atoms with van der Waals surface area (Å²) in [4.78, 5) is 0. The summed E-state index contributed by atoms with van der Waals surface area (Å²) >= 11 is 0. The summed E-state index contributed by atoms with van der Waals surface area (Å²) in [5, 5.41) is 21.3. The van der Waals surface area contributed by atoms with Crippen molar-refractivity contribution in [1.29, 1.82) is 0 Å². The van der Waals surface area contributed by atoms with E-state index in [-0.39, 0.29) is 0 Å². The van der Waals surface area contributed by atoms with E-state index in [9.17, 15) is 0 Å². The van der Waals surface area contributed by atoms with Crippen LogP contribution in [0.2, 0.25) is 0 Å². The number of pyridine rings is 2. The van der Waals surface area contributed by atoms with E-state index in [0.29, 0.717) is 0 Å². The second-order valence-corrected chi connectivity index (χ2v) is 16.1. The van der Waals surface area contributed by atoms with Crippen LogP contribution in [0.1, 0.15) is 11.1 Å². The van der Waals surface area contributed by atoms with Crippen LogP contribution in [0.3, 0.4) is 0 Å². The molecule has 0 bridgehead atoms. The first-order chi connectivity index (χ1) is 28.7. The Bertz CT molecular complexity index is 3740. The Labute approximate surface area is 335 Å².